The Balaban J connectivity index is 1.39. The molecule has 4 rings (SSSR count). The highest BCUT2D eigenvalue weighted by atomic mass is 35.5. The summed E-state index contributed by atoms with van der Waals surface area (Å²) < 4.78 is 7.89. The number of thioether (sulfide) groups is 1. The van der Waals surface area contributed by atoms with Crippen molar-refractivity contribution in [3.8, 4) is 5.75 Å². The average Bonchev–Trinajstić information content (AvgIpc) is 3.48. The predicted molar refractivity (Wildman–Crippen MR) is 120 cm³/mol. The number of aryl methyl sites for hydroxylation is 1. The van der Waals surface area contributed by atoms with Crippen molar-refractivity contribution < 1.29 is 9.53 Å². The van der Waals surface area contributed by atoms with E-state index >= 15 is 0 Å². The molecule has 0 spiro atoms. The number of aromatic nitrogens is 3. The normalized spacial score (nSPS) is 13.3. The van der Waals surface area contributed by atoms with Crippen LogP contribution >= 0.6 is 35.0 Å². The number of carbonyl (C=O) groups is 1. The van der Waals surface area contributed by atoms with E-state index in [0.717, 1.165) is 24.2 Å². The zero-order chi connectivity index (χ0) is 21.1. The Bertz CT molecular complexity index is 1070. The van der Waals surface area contributed by atoms with E-state index in [4.69, 9.17) is 27.9 Å². The second-order valence-corrected chi connectivity index (χ2v) is 8.78. The fraction of sp³-hybridized carbons (Fsp3) is 0.286. The van der Waals surface area contributed by atoms with Crippen LogP contribution in [0.3, 0.4) is 0 Å². The molecule has 6 nitrogen and oxygen atoms in total. The van der Waals surface area contributed by atoms with E-state index in [2.05, 4.69) is 20.1 Å². The van der Waals surface area contributed by atoms with Crippen molar-refractivity contribution in [3.63, 3.8) is 0 Å². The van der Waals surface area contributed by atoms with E-state index < -0.39 is 0 Å². The number of anilines is 1. The fourth-order valence-corrected chi connectivity index (χ4v) is 4.10. The summed E-state index contributed by atoms with van der Waals surface area (Å²) >= 11 is 13.6. The van der Waals surface area contributed by atoms with Gasteiger partial charge in [-0.15, -0.1) is 10.2 Å². The minimum Gasteiger partial charge on any atom is -0.484 e. The molecule has 1 heterocycles. The van der Waals surface area contributed by atoms with Gasteiger partial charge in [0, 0.05) is 16.8 Å². The molecular formula is C21H20Cl2N4O2S. The smallest absolute Gasteiger partial charge is 0.234 e. The van der Waals surface area contributed by atoms with Crippen LogP contribution in [0.4, 0.5) is 5.69 Å². The van der Waals surface area contributed by atoms with Crippen molar-refractivity contribution in [1.82, 2.24) is 14.8 Å². The van der Waals surface area contributed by atoms with Gasteiger partial charge in [-0.2, -0.15) is 0 Å². The van der Waals surface area contributed by atoms with E-state index in [1.165, 1.54) is 11.8 Å². The minimum atomic E-state index is -0.126. The second-order valence-electron chi connectivity index (χ2n) is 7.02. The van der Waals surface area contributed by atoms with Gasteiger partial charge in [-0.25, -0.2) is 0 Å². The molecule has 30 heavy (non-hydrogen) atoms. The second kappa shape index (κ2) is 9.29. The third-order valence-electron chi connectivity index (χ3n) is 4.63. The maximum Gasteiger partial charge on any atom is 0.234 e. The monoisotopic (exact) mass is 462 g/mol. The third-order valence-corrected chi connectivity index (χ3v) is 6.29. The van der Waals surface area contributed by atoms with Gasteiger partial charge >= 0.3 is 0 Å². The molecule has 0 aliphatic heterocycles. The summed E-state index contributed by atoms with van der Waals surface area (Å²) in [6, 6.07) is 13.1. The summed E-state index contributed by atoms with van der Waals surface area (Å²) in [6.07, 6.45) is 2.14. The molecule has 1 aliphatic carbocycles. The van der Waals surface area contributed by atoms with Gasteiger partial charge < -0.3 is 10.1 Å². The van der Waals surface area contributed by atoms with Gasteiger partial charge in [0.1, 0.15) is 12.4 Å². The van der Waals surface area contributed by atoms with E-state index in [1.54, 1.807) is 12.1 Å². The highest BCUT2D eigenvalue weighted by Crippen LogP contribution is 2.39. The molecular weight excluding hydrogens is 443 g/mol. The largest absolute Gasteiger partial charge is 0.484 e. The molecule has 3 aromatic rings. The lowest BCUT2D eigenvalue weighted by Crippen LogP contribution is -2.15. The number of carbonyl (C=O) groups excluding carboxylic acids is 1. The Labute approximate surface area is 188 Å². The van der Waals surface area contributed by atoms with Crippen LogP contribution in [0, 0.1) is 6.92 Å². The first-order chi connectivity index (χ1) is 14.5. The van der Waals surface area contributed by atoms with Gasteiger partial charge in [0.05, 0.1) is 10.8 Å². The lowest BCUT2D eigenvalue weighted by Gasteiger charge is -2.11. The zero-order valence-corrected chi connectivity index (χ0v) is 18.6. The van der Waals surface area contributed by atoms with E-state index in [0.29, 0.717) is 32.7 Å². The number of hydrogen-bond acceptors (Lipinski definition) is 5. The van der Waals surface area contributed by atoms with Crippen molar-refractivity contribution in [2.75, 3.05) is 11.1 Å². The number of ether oxygens (including phenoxy) is 1. The van der Waals surface area contributed by atoms with E-state index in [1.807, 2.05) is 37.3 Å². The van der Waals surface area contributed by atoms with Crippen LogP contribution in [-0.2, 0) is 11.4 Å². The maximum absolute atomic E-state index is 12.4. The first-order valence-electron chi connectivity index (χ1n) is 9.51. The lowest BCUT2D eigenvalue weighted by atomic mass is 10.2. The highest BCUT2D eigenvalue weighted by molar-refractivity contribution is 7.99. The summed E-state index contributed by atoms with van der Waals surface area (Å²) in [4.78, 5) is 12.4. The van der Waals surface area contributed by atoms with Crippen LogP contribution in [0.2, 0.25) is 10.0 Å². The number of para-hydroxylation sites is 1. The Morgan fingerprint density at radius 2 is 2.00 bits per heavy atom. The molecule has 0 radical (unpaired) electrons. The van der Waals surface area contributed by atoms with E-state index in [-0.39, 0.29) is 18.3 Å². The molecule has 156 valence electrons. The predicted octanol–water partition coefficient (Wildman–Crippen LogP) is 5.54. The maximum atomic E-state index is 12.4. The SMILES string of the molecule is Cc1ccc(NC(=O)CSc2nnc(COc3ccccc3Cl)n2C2CC2)cc1Cl. The third kappa shape index (κ3) is 5.09. The Kier molecular flexibility index (Phi) is 6.51. The van der Waals surface area contributed by atoms with Crippen molar-refractivity contribution in [3.05, 3.63) is 63.9 Å². The lowest BCUT2D eigenvalue weighted by molar-refractivity contribution is -0.113. The highest BCUT2D eigenvalue weighted by Gasteiger charge is 2.30. The van der Waals surface area contributed by atoms with Gasteiger partial charge in [-0.3, -0.25) is 9.36 Å². The Hall–Kier alpha value is -2.22. The number of benzene rings is 2. The zero-order valence-electron chi connectivity index (χ0n) is 16.3. The molecule has 1 amide bonds. The fourth-order valence-electron chi connectivity index (χ4n) is 2.91. The van der Waals surface area contributed by atoms with Crippen LogP contribution in [-0.4, -0.2) is 26.4 Å². The van der Waals surface area contributed by atoms with Crippen LogP contribution in [0.1, 0.15) is 30.3 Å². The first kappa shape index (κ1) is 21.0. The molecule has 2 aromatic carbocycles. The summed E-state index contributed by atoms with van der Waals surface area (Å²) in [5, 5.41) is 13.3. The Morgan fingerprint density at radius 1 is 1.20 bits per heavy atom. The van der Waals surface area contributed by atoms with Crippen LogP contribution < -0.4 is 10.1 Å². The van der Waals surface area contributed by atoms with Crippen LogP contribution in [0.15, 0.2) is 47.6 Å². The van der Waals surface area contributed by atoms with Crippen molar-refractivity contribution >= 4 is 46.6 Å². The minimum absolute atomic E-state index is 0.126. The summed E-state index contributed by atoms with van der Waals surface area (Å²) in [6.45, 7) is 2.18. The summed E-state index contributed by atoms with van der Waals surface area (Å²) in [7, 11) is 0. The summed E-state index contributed by atoms with van der Waals surface area (Å²) in [5.74, 6) is 1.43. The number of rotatable bonds is 8. The quantitative estimate of drug-likeness (QED) is 0.445. The molecule has 1 fully saturated rings. The topological polar surface area (TPSA) is 69.0 Å². The molecule has 1 N–H and O–H groups in total. The van der Waals surface area contributed by atoms with Crippen molar-refractivity contribution in [2.45, 2.75) is 37.6 Å². The molecule has 9 heteroatoms. The van der Waals surface area contributed by atoms with Gasteiger partial charge in [0.25, 0.3) is 0 Å². The average molecular weight is 463 g/mol. The van der Waals surface area contributed by atoms with Gasteiger partial charge in [-0.05, 0) is 49.6 Å². The molecule has 0 saturated heterocycles. The van der Waals surface area contributed by atoms with Crippen molar-refractivity contribution in [1.29, 1.82) is 0 Å². The number of nitrogens with zero attached hydrogens (tertiary/aromatic N) is 3. The molecule has 0 atom stereocenters. The molecule has 1 aliphatic rings. The Morgan fingerprint density at radius 3 is 2.73 bits per heavy atom. The van der Waals surface area contributed by atoms with Gasteiger partial charge in [-0.1, -0.05) is 53.2 Å². The molecule has 0 unspecified atom stereocenters. The van der Waals surface area contributed by atoms with Gasteiger partial charge in [0.15, 0.2) is 11.0 Å². The van der Waals surface area contributed by atoms with Crippen molar-refractivity contribution in [2.24, 2.45) is 0 Å². The standard InChI is InChI=1S/C21H20Cl2N4O2S/c1-13-6-7-14(10-17(13)23)24-20(28)12-30-21-26-25-19(27(21)15-8-9-15)11-29-18-5-3-2-4-16(18)22/h2-7,10,15H,8-9,11-12H2,1H3,(H,24,28). The number of amides is 1. The molecule has 0 bridgehead atoms. The number of nitrogens with one attached hydrogen (secondary N) is 1. The first-order valence-corrected chi connectivity index (χ1v) is 11.3. The van der Waals surface area contributed by atoms with E-state index in [9.17, 15) is 4.79 Å². The molecule has 1 aromatic heterocycles. The molecule has 1 saturated carbocycles. The number of halogens is 2. The summed E-state index contributed by atoms with van der Waals surface area (Å²) in [5.41, 5.74) is 1.64. The van der Waals surface area contributed by atoms with Gasteiger partial charge in [0.2, 0.25) is 5.91 Å². The van der Waals surface area contributed by atoms with Crippen LogP contribution in [0.25, 0.3) is 0 Å². The van der Waals surface area contributed by atoms with Crippen LogP contribution in [0.5, 0.6) is 5.75 Å². The number of hydrogen-bond donors (Lipinski definition) is 1.